The highest BCUT2D eigenvalue weighted by Gasteiger charge is 2.31. The Morgan fingerprint density at radius 2 is 1.85 bits per heavy atom. The largest absolute Gasteiger partial charge is 0.416 e. The first-order valence-corrected chi connectivity index (χ1v) is 10.3. The lowest BCUT2D eigenvalue weighted by molar-refractivity contribution is -0.142. The van der Waals surface area contributed by atoms with Gasteiger partial charge in [-0.25, -0.2) is 9.67 Å². The molecule has 2 aromatic heterocycles. The van der Waals surface area contributed by atoms with E-state index < -0.39 is 23.2 Å². The molecule has 0 aliphatic carbocycles. The number of fused-ring (bicyclic) bond motifs is 1. The van der Waals surface area contributed by atoms with E-state index in [2.05, 4.69) is 15.4 Å². The summed E-state index contributed by atoms with van der Waals surface area (Å²) in [5.74, 6) is -1.27. The maximum absolute atomic E-state index is 12.9. The van der Waals surface area contributed by atoms with Crippen molar-refractivity contribution < 1.29 is 27.6 Å². The summed E-state index contributed by atoms with van der Waals surface area (Å²) < 4.78 is 41.4. The highest BCUT2D eigenvalue weighted by molar-refractivity contribution is 6.04. The fourth-order valence-corrected chi connectivity index (χ4v) is 3.62. The smallest absolute Gasteiger partial charge is 0.353 e. The lowest BCUT2D eigenvalue weighted by Gasteiger charge is -2.13. The van der Waals surface area contributed by atoms with Crippen LogP contribution >= 0.6 is 0 Å². The number of hydrogen-bond donors (Lipinski definition) is 1. The minimum atomic E-state index is -4.49. The van der Waals surface area contributed by atoms with Crippen LogP contribution in [-0.4, -0.2) is 55.0 Å². The number of aromatic nitrogens is 4. The maximum Gasteiger partial charge on any atom is 0.416 e. The zero-order valence-corrected chi connectivity index (χ0v) is 17.7. The first-order valence-electron chi connectivity index (χ1n) is 10.3. The Hall–Kier alpha value is -4.03. The van der Waals surface area contributed by atoms with Gasteiger partial charge in [0.2, 0.25) is 17.7 Å². The van der Waals surface area contributed by atoms with E-state index in [0.29, 0.717) is 5.56 Å². The molecule has 0 radical (unpaired) electrons. The number of imide groups is 1. The van der Waals surface area contributed by atoms with Crippen molar-refractivity contribution in [1.82, 2.24) is 29.5 Å². The van der Waals surface area contributed by atoms with E-state index in [0.717, 1.165) is 17.0 Å². The lowest BCUT2D eigenvalue weighted by Crippen LogP contribution is -2.40. The SMILES string of the molecule is O=C(CN1C(=O)CCC1=O)NCCn1ncc2c(=O)n(Cc3cccc(C(F)(F)F)c3)cnc21. The van der Waals surface area contributed by atoms with E-state index in [9.17, 15) is 32.3 Å². The summed E-state index contributed by atoms with van der Waals surface area (Å²) in [6, 6.07) is 4.70. The molecule has 0 atom stereocenters. The molecule has 1 fully saturated rings. The van der Waals surface area contributed by atoms with Gasteiger partial charge in [-0.05, 0) is 17.7 Å². The highest BCUT2D eigenvalue weighted by atomic mass is 19.4. The predicted molar refractivity (Wildman–Crippen MR) is 111 cm³/mol. The van der Waals surface area contributed by atoms with Crippen LogP contribution in [0.25, 0.3) is 11.0 Å². The van der Waals surface area contributed by atoms with E-state index in [1.165, 1.54) is 33.9 Å². The van der Waals surface area contributed by atoms with Crippen LogP contribution < -0.4 is 10.9 Å². The Morgan fingerprint density at radius 3 is 2.56 bits per heavy atom. The van der Waals surface area contributed by atoms with Gasteiger partial charge in [0.05, 0.1) is 24.8 Å². The molecule has 1 aliphatic rings. The number of nitrogens with one attached hydrogen (secondary N) is 1. The van der Waals surface area contributed by atoms with Crippen molar-refractivity contribution >= 4 is 28.8 Å². The normalized spacial score (nSPS) is 14.3. The summed E-state index contributed by atoms with van der Waals surface area (Å²) in [5, 5.41) is 6.85. The second kappa shape index (κ2) is 9.08. The van der Waals surface area contributed by atoms with Gasteiger partial charge in [-0.2, -0.15) is 18.3 Å². The summed E-state index contributed by atoms with van der Waals surface area (Å²) in [7, 11) is 0. The molecule has 0 spiro atoms. The van der Waals surface area contributed by atoms with Crippen LogP contribution in [0.4, 0.5) is 13.2 Å². The fourth-order valence-electron chi connectivity index (χ4n) is 3.62. The van der Waals surface area contributed by atoms with Crippen molar-refractivity contribution in [2.45, 2.75) is 32.1 Å². The number of benzene rings is 1. The van der Waals surface area contributed by atoms with E-state index in [1.807, 2.05) is 0 Å². The molecule has 3 amide bonds. The fraction of sp³-hybridized carbons (Fsp3) is 0.333. The molecular formula is C21H19F3N6O4. The quantitative estimate of drug-likeness (QED) is 0.507. The van der Waals surface area contributed by atoms with Crippen LogP contribution in [-0.2, 0) is 33.6 Å². The Morgan fingerprint density at radius 1 is 1.12 bits per heavy atom. The Bertz CT molecular complexity index is 1310. The average molecular weight is 476 g/mol. The molecule has 4 rings (SSSR count). The van der Waals surface area contributed by atoms with Crippen molar-refractivity contribution in [3.63, 3.8) is 0 Å². The monoisotopic (exact) mass is 476 g/mol. The molecule has 13 heteroatoms. The van der Waals surface area contributed by atoms with Gasteiger partial charge in [0.1, 0.15) is 18.3 Å². The first kappa shape index (κ1) is 23.1. The van der Waals surface area contributed by atoms with Crippen LogP contribution in [0.1, 0.15) is 24.0 Å². The van der Waals surface area contributed by atoms with Gasteiger partial charge in [0, 0.05) is 19.4 Å². The van der Waals surface area contributed by atoms with Crippen LogP contribution in [0.2, 0.25) is 0 Å². The Balaban J connectivity index is 1.41. The molecule has 3 aromatic rings. The summed E-state index contributed by atoms with van der Waals surface area (Å²) in [4.78, 5) is 53.1. The number of halogens is 3. The maximum atomic E-state index is 12.9. The minimum absolute atomic E-state index is 0.0964. The number of alkyl halides is 3. The number of rotatable bonds is 7. The lowest BCUT2D eigenvalue weighted by atomic mass is 10.1. The van der Waals surface area contributed by atoms with Gasteiger partial charge in [-0.1, -0.05) is 12.1 Å². The van der Waals surface area contributed by atoms with Gasteiger partial charge in [-0.3, -0.25) is 28.6 Å². The third-order valence-corrected chi connectivity index (χ3v) is 5.33. The topological polar surface area (TPSA) is 119 Å². The summed E-state index contributed by atoms with van der Waals surface area (Å²) in [6.45, 7) is -0.168. The Labute approximate surface area is 190 Å². The van der Waals surface area contributed by atoms with Gasteiger partial charge in [0.15, 0.2) is 5.65 Å². The first-order chi connectivity index (χ1) is 16.1. The Kier molecular flexibility index (Phi) is 6.18. The van der Waals surface area contributed by atoms with Gasteiger partial charge in [0.25, 0.3) is 5.56 Å². The van der Waals surface area contributed by atoms with E-state index in [4.69, 9.17) is 0 Å². The molecule has 0 saturated carbocycles. The van der Waals surface area contributed by atoms with Gasteiger partial charge < -0.3 is 5.32 Å². The third kappa shape index (κ3) is 4.82. The van der Waals surface area contributed by atoms with Crippen LogP contribution in [0.5, 0.6) is 0 Å². The predicted octanol–water partition coefficient (Wildman–Crippen LogP) is 0.925. The molecule has 0 bridgehead atoms. The average Bonchev–Trinajstić information content (AvgIpc) is 3.34. The van der Waals surface area contributed by atoms with Crippen LogP contribution in [0, 0.1) is 0 Å². The summed E-state index contributed by atoms with van der Waals surface area (Å²) in [6.07, 6.45) is -1.76. The number of likely N-dealkylation sites (tertiary alicyclic amines) is 1. The number of carbonyl (C=O) groups is 3. The van der Waals surface area contributed by atoms with Gasteiger partial charge in [-0.15, -0.1) is 0 Å². The molecule has 1 aromatic carbocycles. The van der Waals surface area contributed by atoms with Crippen molar-refractivity contribution in [2.24, 2.45) is 0 Å². The molecule has 1 saturated heterocycles. The second-order valence-corrected chi connectivity index (χ2v) is 7.70. The zero-order chi connectivity index (χ0) is 24.5. The second-order valence-electron chi connectivity index (χ2n) is 7.70. The molecule has 3 heterocycles. The molecule has 178 valence electrons. The van der Waals surface area contributed by atoms with Crippen molar-refractivity contribution in [3.05, 3.63) is 58.3 Å². The highest BCUT2D eigenvalue weighted by Crippen LogP contribution is 2.29. The number of amides is 3. The van der Waals surface area contributed by atoms with E-state index in [-0.39, 0.29) is 61.9 Å². The molecule has 10 nitrogen and oxygen atoms in total. The summed E-state index contributed by atoms with van der Waals surface area (Å²) >= 11 is 0. The zero-order valence-electron chi connectivity index (χ0n) is 17.7. The van der Waals surface area contributed by atoms with Crippen LogP contribution in [0.15, 0.2) is 41.6 Å². The van der Waals surface area contributed by atoms with E-state index >= 15 is 0 Å². The molecule has 1 N–H and O–H groups in total. The van der Waals surface area contributed by atoms with Crippen molar-refractivity contribution in [2.75, 3.05) is 13.1 Å². The molecular weight excluding hydrogens is 457 g/mol. The summed E-state index contributed by atoms with van der Waals surface area (Å²) in [5.41, 5.74) is -0.725. The van der Waals surface area contributed by atoms with Crippen molar-refractivity contribution in [1.29, 1.82) is 0 Å². The number of carbonyl (C=O) groups excluding carboxylic acids is 3. The minimum Gasteiger partial charge on any atom is -0.353 e. The van der Waals surface area contributed by atoms with Crippen LogP contribution in [0.3, 0.4) is 0 Å². The standard InChI is InChI=1S/C21H19F3N6O4/c22-21(23,24)14-3-1-2-13(8-14)10-28-12-26-19-15(20(28)34)9-27-30(19)7-6-25-16(31)11-29-17(32)4-5-18(29)33/h1-3,8-9,12H,4-7,10-11H2,(H,25,31). The number of hydrogen-bond acceptors (Lipinski definition) is 6. The van der Waals surface area contributed by atoms with E-state index in [1.54, 1.807) is 0 Å². The third-order valence-electron chi connectivity index (χ3n) is 5.33. The molecule has 34 heavy (non-hydrogen) atoms. The molecule has 0 unspecified atom stereocenters. The molecule has 1 aliphatic heterocycles. The van der Waals surface area contributed by atoms with Crippen molar-refractivity contribution in [3.8, 4) is 0 Å². The number of nitrogens with zero attached hydrogens (tertiary/aromatic N) is 5. The van der Waals surface area contributed by atoms with Gasteiger partial charge >= 0.3 is 6.18 Å².